The van der Waals surface area contributed by atoms with Crippen LogP contribution in [0.5, 0.6) is 0 Å². The molecule has 82 valence electrons. The van der Waals surface area contributed by atoms with Crippen molar-refractivity contribution in [3.05, 3.63) is 0 Å². The first-order valence-electron chi connectivity index (χ1n) is 6.23. The summed E-state index contributed by atoms with van der Waals surface area (Å²) in [5, 5.41) is 3.30. The molecular weight excluding hydrogens is 172 g/mol. The van der Waals surface area contributed by atoms with E-state index in [2.05, 4.69) is 24.2 Å². The van der Waals surface area contributed by atoms with Crippen LogP contribution in [0.3, 0.4) is 0 Å². The monoisotopic (exact) mass is 196 g/mol. The fraction of sp³-hybridized carbons (Fsp3) is 1.00. The maximum absolute atomic E-state index is 3.30. The summed E-state index contributed by atoms with van der Waals surface area (Å²) in [6, 6.07) is 1.65. The van der Waals surface area contributed by atoms with E-state index >= 15 is 0 Å². The maximum Gasteiger partial charge on any atom is 0.0195 e. The van der Waals surface area contributed by atoms with E-state index in [4.69, 9.17) is 0 Å². The number of hydrogen-bond acceptors (Lipinski definition) is 2. The molecule has 0 bridgehead atoms. The van der Waals surface area contributed by atoms with E-state index in [0.717, 1.165) is 24.5 Å². The van der Waals surface area contributed by atoms with Crippen molar-refractivity contribution < 1.29 is 0 Å². The average molecular weight is 196 g/mol. The fourth-order valence-corrected chi connectivity index (χ4v) is 3.40. The van der Waals surface area contributed by atoms with E-state index in [0.29, 0.717) is 0 Å². The van der Waals surface area contributed by atoms with Crippen LogP contribution in [0.25, 0.3) is 0 Å². The van der Waals surface area contributed by atoms with Gasteiger partial charge in [-0.1, -0.05) is 12.8 Å². The lowest BCUT2D eigenvalue weighted by molar-refractivity contribution is 0.140. The number of likely N-dealkylation sites (tertiary alicyclic amines) is 1. The van der Waals surface area contributed by atoms with Crippen LogP contribution in [0.2, 0.25) is 0 Å². The minimum Gasteiger partial charge on any atom is -0.318 e. The van der Waals surface area contributed by atoms with Crippen molar-refractivity contribution in [1.82, 2.24) is 10.2 Å². The molecule has 0 amide bonds. The first-order chi connectivity index (χ1) is 6.83. The molecule has 1 heterocycles. The molecule has 2 rings (SSSR count). The lowest BCUT2D eigenvalue weighted by Crippen LogP contribution is -2.44. The first kappa shape index (κ1) is 10.4. The summed E-state index contributed by atoms with van der Waals surface area (Å²) in [5.74, 6) is 1.03. The number of fused-ring (bicyclic) bond motifs is 1. The highest BCUT2D eigenvalue weighted by atomic mass is 15.2. The summed E-state index contributed by atoms with van der Waals surface area (Å²) >= 11 is 0. The van der Waals surface area contributed by atoms with Crippen molar-refractivity contribution >= 4 is 0 Å². The Bertz CT molecular complexity index is 181. The number of likely N-dealkylation sites (N-methyl/N-ethyl adjacent to an activating group) is 1. The Kier molecular flexibility index (Phi) is 3.45. The van der Waals surface area contributed by atoms with Gasteiger partial charge in [0.25, 0.3) is 0 Å². The van der Waals surface area contributed by atoms with Crippen molar-refractivity contribution in [2.24, 2.45) is 5.92 Å². The highest BCUT2D eigenvalue weighted by molar-refractivity contribution is 4.92. The highest BCUT2D eigenvalue weighted by Gasteiger charge is 2.37. The molecule has 1 aliphatic carbocycles. The topological polar surface area (TPSA) is 15.3 Å². The van der Waals surface area contributed by atoms with Crippen molar-refractivity contribution in [2.75, 3.05) is 20.1 Å². The Hall–Kier alpha value is -0.0800. The summed E-state index contributed by atoms with van der Waals surface area (Å²) in [5.41, 5.74) is 0. The van der Waals surface area contributed by atoms with Gasteiger partial charge in [0.15, 0.2) is 0 Å². The van der Waals surface area contributed by atoms with Gasteiger partial charge in [-0.3, -0.25) is 4.90 Å². The molecule has 1 saturated heterocycles. The second-order valence-electron chi connectivity index (χ2n) is 5.05. The lowest BCUT2D eigenvalue weighted by atomic mass is 9.85. The van der Waals surface area contributed by atoms with Gasteiger partial charge in [-0.05, 0) is 45.7 Å². The largest absolute Gasteiger partial charge is 0.318 e. The summed E-state index contributed by atoms with van der Waals surface area (Å²) in [6.07, 6.45) is 7.35. The second kappa shape index (κ2) is 4.63. The van der Waals surface area contributed by atoms with Crippen molar-refractivity contribution in [3.63, 3.8) is 0 Å². The molecule has 2 heteroatoms. The summed E-state index contributed by atoms with van der Waals surface area (Å²) in [6.45, 7) is 4.86. The first-order valence-corrected chi connectivity index (χ1v) is 6.23. The van der Waals surface area contributed by atoms with Gasteiger partial charge in [0, 0.05) is 18.6 Å². The van der Waals surface area contributed by atoms with Crippen molar-refractivity contribution in [3.8, 4) is 0 Å². The van der Waals surface area contributed by atoms with Gasteiger partial charge in [-0.25, -0.2) is 0 Å². The molecule has 0 aromatic rings. The number of nitrogens with one attached hydrogen (secondary N) is 1. The Morgan fingerprint density at radius 3 is 2.86 bits per heavy atom. The van der Waals surface area contributed by atoms with E-state index in [-0.39, 0.29) is 0 Å². The van der Waals surface area contributed by atoms with Gasteiger partial charge in [0.2, 0.25) is 0 Å². The molecule has 0 aromatic carbocycles. The van der Waals surface area contributed by atoms with Crippen LogP contribution >= 0.6 is 0 Å². The summed E-state index contributed by atoms with van der Waals surface area (Å²) in [7, 11) is 2.06. The molecule has 1 N–H and O–H groups in total. The molecule has 0 spiro atoms. The summed E-state index contributed by atoms with van der Waals surface area (Å²) < 4.78 is 0. The van der Waals surface area contributed by atoms with Crippen LogP contribution in [0.1, 0.15) is 39.0 Å². The number of nitrogens with zero attached hydrogens (tertiary/aromatic N) is 1. The molecule has 2 fully saturated rings. The van der Waals surface area contributed by atoms with Crippen LogP contribution in [0.4, 0.5) is 0 Å². The van der Waals surface area contributed by atoms with Gasteiger partial charge in [0.1, 0.15) is 0 Å². The Morgan fingerprint density at radius 1 is 1.29 bits per heavy atom. The molecule has 1 aliphatic heterocycles. The van der Waals surface area contributed by atoms with Gasteiger partial charge < -0.3 is 5.32 Å². The zero-order valence-corrected chi connectivity index (χ0v) is 9.63. The van der Waals surface area contributed by atoms with E-state index in [9.17, 15) is 0 Å². The third-order valence-corrected chi connectivity index (χ3v) is 4.12. The van der Waals surface area contributed by atoms with Crippen LogP contribution in [0, 0.1) is 5.92 Å². The average Bonchev–Trinajstić information content (AvgIpc) is 2.61. The molecule has 0 aromatic heterocycles. The predicted molar refractivity (Wildman–Crippen MR) is 60.5 cm³/mol. The molecular formula is C12H24N2. The quantitative estimate of drug-likeness (QED) is 0.741. The van der Waals surface area contributed by atoms with Crippen LogP contribution in [-0.4, -0.2) is 37.1 Å². The summed E-state index contributed by atoms with van der Waals surface area (Å²) in [4.78, 5) is 2.75. The predicted octanol–water partition coefficient (Wildman–Crippen LogP) is 1.86. The Labute approximate surface area is 88.1 Å². The minimum atomic E-state index is 0.730. The molecule has 3 atom stereocenters. The smallest absolute Gasteiger partial charge is 0.0195 e. The molecule has 0 radical (unpaired) electrons. The van der Waals surface area contributed by atoms with Crippen molar-refractivity contribution in [2.45, 2.75) is 51.1 Å². The number of rotatable bonds is 3. The SMILES string of the molecule is CNCC(C)N1CCC2CCCCC21. The second-order valence-corrected chi connectivity index (χ2v) is 5.05. The van der Waals surface area contributed by atoms with Crippen LogP contribution in [-0.2, 0) is 0 Å². The van der Waals surface area contributed by atoms with Crippen molar-refractivity contribution in [1.29, 1.82) is 0 Å². The van der Waals surface area contributed by atoms with Crippen LogP contribution in [0.15, 0.2) is 0 Å². The minimum absolute atomic E-state index is 0.730. The maximum atomic E-state index is 3.30. The zero-order chi connectivity index (χ0) is 9.97. The van der Waals surface area contributed by atoms with Crippen LogP contribution < -0.4 is 5.32 Å². The third-order valence-electron chi connectivity index (χ3n) is 4.12. The standard InChI is InChI=1S/C12H24N2/c1-10(9-13-2)14-8-7-11-5-3-4-6-12(11)14/h10-13H,3-9H2,1-2H3. The lowest BCUT2D eigenvalue weighted by Gasteiger charge is -2.35. The van der Waals surface area contributed by atoms with Gasteiger partial charge >= 0.3 is 0 Å². The molecule has 2 nitrogen and oxygen atoms in total. The zero-order valence-electron chi connectivity index (χ0n) is 9.63. The van der Waals surface area contributed by atoms with Gasteiger partial charge in [-0.2, -0.15) is 0 Å². The molecule has 14 heavy (non-hydrogen) atoms. The number of hydrogen-bond donors (Lipinski definition) is 1. The molecule has 2 aliphatic rings. The molecule has 1 saturated carbocycles. The van der Waals surface area contributed by atoms with E-state index < -0.39 is 0 Å². The van der Waals surface area contributed by atoms with Gasteiger partial charge in [0.05, 0.1) is 0 Å². The Balaban J connectivity index is 1.93. The van der Waals surface area contributed by atoms with E-state index in [1.165, 1.54) is 38.6 Å². The van der Waals surface area contributed by atoms with Gasteiger partial charge in [-0.15, -0.1) is 0 Å². The third kappa shape index (κ3) is 1.96. The highest BCUT2D eigenvalue weighted by Crippen LogP contribution is 2.36. The van der Waals surface area contributed by atoms with E-state index in [1.807, 2.05) is 0 Å². The normalized spacial score (nSPS) is 35.6. The molecule has 3 unspecified atom stereocenters. The Morgan fingerprint density at radius 2 is 2.07 bits per heavy atom. The van der Waals surface area contributed by atoms with E-state index in [1.54, 1.807) is 0 Å². The fourth-order valence-electron chi connectivity index (χ4n) is 3.40.